The second-order valence-electron chi connectivity index (χ2n) is 5.14. The van der Waals surface area contributed by atoms with Crippen LogP contribution in [-0.2, 0) is 6.54 Å². The summed E-state index contributed by atoms with van der Waals surface area (Å²) in [4.78, 5) is 6.42. The molecule has 1 aromatic heterocycles. The van der Waals surface area contributed by atoms with Crippen molar-refractivity contribution in [1.82, 2.24) is 4.98 Å². The van der Waals surface area contributed by atoms with Crippen LogP contribution < -0.4 is 4.90 Å². The van der Waals surface area contributed by atoms with Crippen LogP contribution in [0.15, 0.2) is 65.3 Å². The molecule has 0 saturated carbocycles. The van der Waals surface area contributed by atoms with Gasteiger partial charge in [0.15, 0.2) is 0 Å². The van der Waals surface area contributed by atoms with Gasteiger partial charge in [-0.2, -0.15) is 0 Å². The van der Waals surface area contributed by atoms with Crippen LogP contribution in [0.25, 0.3) is 11.5 Å². The molecule has 0 fully saturated rings. The molecule has 0 spiro atoms. The number of anilines is 1. The van der Waals surface area contributed by atoms with Crippen LogP contribution in [0, 0.1) is 5.82 Å². The summed E-state index contributed by atoms with van der Waals surface area (Å²) in [6, 6.07) is 15.9. The lowest BCUT2D eigenvalue weighted by Gasteiger charge is -2.22. The van der Waals surface area contributed by atoms with Gasteiger partial charge in [0, 0.05) is 17.8 Å². The quantitative estimate of drug-likeness (QED) is 0.757. The van der Waals surface area contributed by atoms with E-state index in [0.717, 1.165) is 11.4 Å². The van der Waals surface area contributed by atoms with Crippen molar-refractivity contribution in [3.05, 3.63) is 72.4 Å². The molecule has 4 nitrogen and oxygen atoms in total. The first-order valence-corrected chi connectivity index (χ1v) is 7.37. The number of hydrogen-bond acceptors (Lipinski definition) is 4. The zero-order chi connectivity index (χ0) is 16.1. The second kappa shape index (κ2) is 7.07. The number of hydrogen-bond donors (Lipinski definition) is 1. The third kappa shape index (κ3) is 3.76. The highest BCUT2D eigenvalue weighted by atomic mass is 19.1. The molecule has 0 saturated heterocycles. The van der Waals surface area contributed by atoms with E-state index in [1.165, 1.54) is 12.1 Å². The van der Waals surface area contributed by atoms with Crippen LogP contribution in [0.1, 0.15) is 5.69 Å². The normalized spacial score (nSPS) is 10.7. The zero-order valence-corrected chi connectivity index (χ0v) is 12.5. The summed E-state index contributed by atoms with van der Waals surface area (Å²) >= 11 is 0. The molecule has 0 atom stereocenters. The predicted octanol–water partition coefficient (Wildman–Crippen LogP) is 3.48. The van der Waals surface area contributed by atoms with Gasteiger partial charge in [-0.3, -0.25) is 0 Å². The molecule has 2 aromatic carbocycles. The Balaban J connectivity index is 1.79. The van der Waals surface area contributed by atoms with E-state index in [1.807, 2.05) is 35.2 Å². The highest BCUT2D eigenvalue weighted by molar-refractivity contribution is 5.53. The molecule has 0 amide bonds. The third-order valence-corrected chi connectivity index (χ3v) is 3.47. The van der Waals surface area contributed by atoms with Crippen LogP contribution in [0.2, 0.25) is 0 Å². The molecule has 3 rings (SSSR count). The van der Waals surface area contributed by atoms with Crippen molar-refractivity contribution in [3.63, 3.8) is 0 Å². The largest absolute Gasteiger partial charge is 0.444 e. The van der Waals surface area contributed by atoms with Crippen molar-refractivity contribution >= 4 is 5.69 Å². The molecule has 0 radical (unpaired) electrons. The third-order valence-electron chi connectivity index (χ3n) is 3.47. The Bertz CT molecular complexity index is 758. The number of halogens is 1. The number of aromatic nitrogens is 1. The summed E-state index contributed by atoms with van der Waals surface area (Å²) in [7, 11) is 0. The fraction of sp³-hybridized carbons (Fsp3) is 0.167. The van der Waals surface area contributed by atoms with Gasteiger partial charge in [0.05, 0.1) is 18.8 Å². The van der Waals surface area contributed by atoms with Gasteiger partial charge in [0.25, 0.3) is 0 Å². The van der Waals surface area contributed by atoms with Crippen molar-refractivity contribution in [3.8, 4) is 11.5 Å². The number of aliphatic hydroxyl groups is 1. The van der Waals surface area contributed by atoms with Gasteiger partial charge >= 0.3 is 0 Å². The van der Waals surface area contributed by atoms with Gasteiger partial charge in [-0.05, 0) is 30.3 Å². The first kappa shape index (κ1) is 15.2. The van der Waals surface area contributed by atoms with Crippen LogP contribution in [0.5, 0.6) is 0 Å². The molecule has 1 heterocycles. The van der Waals surface area contributed by atoms with Crippen LogP contribution >= 0.6 is 0 Å². The topological polar surface area (TPSA) is 49.5 Å². The molecule has 0 aliphatic heterocycles. The van der Waals surface area contributed by atoms with Gasteiger partial charge in [0.2, 0.25) is 5.89 Å². The highest BCUT2D eigenvalue weighted by Crippen LogP contribution is 2.21. The SMILES string of the molecule is OCCN(Cc1coc(-c2cccc(F)c2)n1)c1ccccc1. The fourth-order valence-electron chi connectivity index (χ4n) is 2.39. The van der Waals surface area contributed by atoms with E-state index in [4.69, 9.17) is 4.42 Å². The molecule has 118 valence electrons. The fourth-order valence-corrected chi connectivity index (χ4v) is 2.39. The van der Waals surface area contributed by atoms with Crippen LogP contribution in [-0.4, -0.2) is 23.2 Å². The highest BCUT2D eigenvalue weighted by Gasteiger charge is 2.12. The lowest BCUT2D eigenvalue weighted by atomic mass is 10.2. The maximum atomic E-state index is 13.3. The maximum absolute atomic E-state index is 13.3. The second-order valence-corrected chi connectivity index (χ2v) is 5.14. The van der Waals surface area contributed by atoms with Crippen molar-refractivity contribution < 1.29 is 13.9 Å². The zero-order valence-electron chi connectivity index (χ0n) is 12.5. The van der Waals surface area contributed by atoms with E-state index in [0.29, 0.717) is 24.5 Å². The Morgan fingerprint density at radius 1 is 1.09 bits per heavy atom. The van der Waals surface area contributed by atoms with E-state index < -0.39 is 0 Å². The minimum absolute atomic E-state index is 0.0451. The molecule has 3 aromatic rings. The minimum atomic E-state index is -0.326. The standard InChI is InChI=1S/C18H17FN2O2/c19-15-6-4-5-14(11-15)18-20-16(13-23-18)12-21(9-10-22)17-7-2-1-3-8-17/h1-8,11,13,22H,9-10,12H2. The van der Waals surface area contributed by atoms with Crippen molar-refractivity contribution in [2.24, 2.45) is 0 Å². The molecule has 0 unspecified atom stereocenters. The smallest absolute Gasteiger partial charge is 0.226 e. The Labute approximate surface area is 133 Å². The molecular formula is C18H17FN2O2. The number of nitrogens with zero attached hydrogens (tertiary/aromatic N) is 2. The summed E-state index contributed by atoms with van der Waals surface area (Å²) in [5, 5.41) is 9.26. The predicted molar refractivity (Wildman–Crippen MR) is 86.5 cm³/mol. The lowest BCUT2D eigenvalue weighted by molar-refractivity contribution is 0.301. The van der Waals surface area contributed by atoms with E-state index in [1.54, 1.807) is 18.4 Å². The molecule has 23 heavy (non-hydrogen) atoms. The van der Waals surface area contributed by atoms with E-state index in [2.05, 4.69) is 4.98 Å². The Hall–Kier alpha value is -2.66. The van der Waals surface area contributed by atoms with Gasteiger partial charge in [-0.15, -0.1) is 0 Å². The number of benzene rings is 2. The first-order chi connectivity index (χ1) is 11.3. The number of para-hydroxylation sites is 1. The summed E-state index contributed by atoms with van der Waals surface area (Å²) in [6.45, 7) is 1.04. The molecule has 0 bridgehead atoms. The minimum Gasteiger partial charge on any atom is -0.444 e. The number of oxazole rings is 1. The maximum Gasteiger partial charge on any atom is 0.226 e. The molecule has 0 aliphatic carbocycles. The Morgan fingerprint density at radius 3 is 2.65 bits per heavy atom. The van der Waals surface area contributed by atoms with Crippen LogP contribution in [0.3, 0.4) is 0 Å². The Kier molecular flexibility index (Phi) is 4.68. The van der Waals surface area contributed by atoms with E-state index in [-0.39, 0.29) is 12.4 Å². The monoisotopic (exact) mass is 312 g/mol. The van der Waals surface area contributed by atoms with Gasteiger partial charge < -0.3 is 14.4 Å². The molecule has 5 heteroatoms. The molecule has 1 N–H and O–H groups in total. The summed E-state index contributed by atoms with van der Waals surface area (Å²) < 4.78 is 18.7. The summed E-state index contributed by atoms with van der Waals surface area (Å²) in [5.41, 5.74) is 2.32. The van der Waals surface area contributed by atoms with Crippen molar-refractivity contribution in [2.75, 3.05) is 18.1 Å². The van der Waals surface area contributed by atoms with E-state index in [9.17, 15) is 9.50 Å². The average molecular weight is 312 g/mol. The van der Waals surface area contributed by atoms with Gasteiger partial charge in [-0.25, -0.2) is 9.37 Å². The van der Waals surface area contributed by atoms with Gasteiger partial charge in [-0.1, -0.05) is 24.3 Å². The Morgan fingerprint density at radius 2 is 1.91 bits per heavy atom. The van der Waals surface area contributed by atoms with Crippen molar-refractivity contribution in [2.45, 2.75) is 6.54 Å². The van der Waals surface area contributed by atoms with Gasteiger partial charge in [0.1, 0.15) is 12.1 Å². The molecule has 0 aliphatic rings. The number of rotatable bonds is 6. The summed E-state index contributed by atoms with van der Waals surface area (Å²) in [5.74, 6) is 0.0601. The molecular weight excluding hydrogens is 295 g/mol. The first-order valence-electron chi connectivity index (χ1n) is 7.37. The van der Waals surface area contributed by atoms with Crippen molar-refractivity contribution in [1.29, 1.82) is 0 Å². The number of aliphatic hydroxyl groups excluding tert-OH is 1. The summed E-state index contributed by atoms with van der Waals surface area (Å²) in [6.07, 6.45) is 1.56. The van der Waals surface area contributed by atoms with E-state index >= 15 is 0 Å². The van der Waals surface area contributed by atoms with Crippen LogP contribution in [0.4, 0.5) is 10.1 Å². The average Bonchev–Trinajstić information content (AvgIpc) is 3.04. The lowest BCUT2D eigenvalue weighted by Crippen LogP contribution is -2.26.